The zero-order valence-corrected chi connectivity index (χ0v) is 11.3. The highest BCUT2D eigenvalue weighted by molar-refractivity contribution is 5.88. The Morgan fingerprint density at radius 1 is 1.30 bits per heavy atom. The SMILES string of the molecule is CC(=O)Nc1ccc(C(O)CNCc2ccco2)cc1. The van der Waals surface area contributed by atoms with Gasteiger partial charge in [-0.05, 0) is 29.8 Å². The van der Waals surface area contributed by atoms with E-state index in [2.05, 4.69) is 10.6 Å². The lowest BCUT2D eigenvalue weighted by molar-refractivity contribution is -0.114. The minimum absolute atomic E-state index is 0.113. The van der Waals surface area contributed by atoms with E-state index in [1.807, 2.05) is 12.1 Å². The van der Waals surface area contributed by atoms with Crippen LogP contribution >= 0.6 is 0 Å². The molecule has 106 valence electrons. The molecule has 1 aromatic heterocycles. The van der Waals surface area contributed by atoms with Crippen molar-refractivity contribution in [1.82, 2.24) is 5.32 Å². The summed E-state index contributed by atoms with van der Waals surface area (Å²) in [6.07, 6.45) is 1.02. The van der Waals surface area contributed by atoms with Gasteiger partial charge in [-0.15, -0.1) is 0 Å². The zero-order chi connectivity index (χ0) is 14.4. The van der Waals surface area contributed by atoms with Gasteiger partial charge in [0.05, 0.1) is 18.9 Å². The van der Waals surface area contributed by atoms with Crippen LogP contribution in [0.5, 0.6) is 0 Å². The van der Waals surface area contributed by atoms with Crippen molar-refractivity contribution in [2.45, 2.75) is 19.6 Å². The third-order valence-electron chi connectivity index (χ3n) is 2.83. The number of anilines is 1. The molecule has 3 N–H and O–H groups in total. The van der Waals surface area contributed by atoms with Gasteiger partial charge in [0, 0.05) is 19.2 Å². The van der Waals surface area contributed by atoms with Crippen LogP contribution in [-0.4, -0.2) is 17.6 Å². The fourth-order valence-electron chi connectivity index (χ4n) is 1.85. The average Bonchev–Trinajstić information content (AvgIpc) is 2.92. The second kappa shape index (κ2) is 6.88. The van der Waals surface area contributed by atoms with E-state index >= 15 is 0 Å². The average molecular weight is 274 g/mol. The molecule has 0 aliphatic carbocycles. The number of rotatable bonds is 6. The molecule has 0 fully saturated rings. The second-order valence-corrected chi connectivity index (χ2v) is 4.53. The van der Waals surface area contributed by atoms with Crippen molar-refractivity contribution in [2.75, 3.05) is 11.9 Å². The van der Waals surface area contributed by atoms with Crippen LogP contribution in [0.2, 0.25) is 0 Å². The van der Waals surface area contributed by atoms with E-state index in [1.54, 1.807) is 30.5 Å². The minimum Gasteiger partial charge on any atom is -0.468 e. The predicted octanol–water partition coefficient (Wildman–Crippen LogP) is 2.06. The molecule has 1 heterocycles. The van der Waals surface area contributed by atoms with Crippen molar-refractivity contribution in [3.05, 3.63) is 54.0 Å². The maximum Gasteiger partial charge on any atom is 0.221 e. The summed E-state index contributed by atoms with van der Waals surface area (Å²) < 4.78 is 5.19. The van der Waals surface area contributed by atoms with Gasteiger partial charge in [0.15, 0.2) is 0 Å². The Balaban J connectivity index is 1.82. The Bertz CT molecular complexity index is 535. The van der Waals surface area contributed by atoms with Gasteiger partial charge in [0.1, 0.15) is 5.76 Å². The van der Waals surface area contributed by atoms with Crippen molar-refractivity contribution in [3.8, 4) is 0 Å². The molecule has 0 saturated heterocycles. The Morgan fingerprint density at radius 3 is 2.65 bits per heavy atom. The number of carbonyl (C=O) groups is 1. The van der Waals surface area contributed by atoms with Gasteiger partial charge in [-0.3, -0.25) is 4.79 Å². The molecule has 0 spiro atoms. The molecule has 1 amide bonds. The normalized spacial score (nSPS) is 12.1. The highest BCUT2D eigenvalue weighted by Crippen LogP contribution is 2.16. The summed E-state index contributed by atoms with van der Waals surface area (Å²) in [4.78, 5) is 10.9. The number of carbonyl (C=O) groups excluding carboxylic acids is 1. The first-order valence-corrected chi connectivity index (χ1v) is 6.44. The van der Waals surface area contributed by atoms with E-state index in [0.29, 0.717) is 13.1 Å². The summed E-state index contributed by atoms with van der Waals surface area (Å²) in [6, 6.07) is 10.8. The highest BCUT2D eigenvalue weighted by Gasteiger charge is 2.07. The summed E-state index contributed by atoms with van der Waals surface area (Å²) in [5.41, 5.74) is 1.52. The van der Waals surface area contributed by atoms with Crippen LogP contribution in [-0.2, 0) is 11.3 Å². The third kappa shape index (κ3) is 4.22. The zero-order valence-electron chi connectivity index (χ0n) is 11.3. The highest BCUT2D eigenvalue weighted by atomic mass is 16.3. The molecule has 0 bridgehead atoms. The van der Waals surface area contributed by atoms with Crippen LogP contribution in [0, 0.1) is 0 Å². The summed E-state index contributed by atoms with van der Waals surface area (Å²) in [7, 11) is 0. The largest absolute Gasteiger partial charge is 0.468 e. The monoisotopic (exact) mass is 274 g/mol. The molecule has 1 aromatic carbocycles. The summed E-state index contributed by atoms with van der Waals surface area (Å²) in [5.74, 6) is 0.719. The molecule has 1 unspecified atom stereocenters. The molecular weight excluding hydrogens is 256 g/mol. The van der Waals surface area contributed by atoms with Gasteiger partial charge in [0.25, 0.3) is 0 Å². The first-order chi connectivity index (χ1) is 9.65. The van der Waals surface area contributed by atoms with E-state index in [-0.39, 0.29) is 5.91 Å². The van der Waals surface area contributed by atoms with E-state index in [9.17, 15) is 9.90 Å². The maximum atomic E-state index is 10.9. The van der Waals surface area contributed by atoms with Crippen LogP contribution in [0.4, 0.5) is 5.69 Å². The third-order valence-corrected chi connectivity index (χ3v) is 2.83. The molecule has 0 aliphatic rings. The molecule has 0 aliphatic heterocycles. The van der Waals surface area contributed by atoms with Crippen molar-refractivity contribution < 1.29 is 14.3 Å². The number of aliphatic hydroxyl groups excluding tert-OH is 1. The minimum atomic E-state index is -0.601. The molecule has 2 aromatic rings. The van der Waals surface area contributed by atoms with Crippen LogP contribution < -0.4 is 10.6 Å². The lowest BCUT2D eigenvalue weighted by atomic mass is 10.1. The number of benzene rings is 1. The molecule has 5 nitrogen and oxygen atoms in total. The molecule has 2 rings (SSSR count). The fraction of sp³-hybridized carbons (Fsp3) is 0.267. The Kier molecular flexibility index (Phi) is 4.92. The van der Waals surface area contributed by atoms with Crippen molar-refractivity contribution in [2.24, 2.45) is 0 Å². The molecular formula is C15H18N2O3. The fourth-order valence-corrected chi connectivity index (χ4v) is 1.85. The number of aliphatic hydroxyl groups is 1. The van der Waals surface area contributed by atoms with E-state index in [4.69, 9.17) is 4.42 Å². The first-order valence-electron chi connectivity index (χ1n) is 6.44. The van der Waals surface area contributed by atoms with Crippen molar-refractivity contribution in [3.63, 3.8) is 0 Å². The topological polar surface area (TPSA) is 74.5 Å². The number of amides is 1. The summed E-state index contributed by atoms with van der Waals surface area (Å²) >= 11 is 0. The second-order valence-electron chi connectivity index (χ2n) is 4.53. The van der Waals surface area contributed by atoms with Crippen molar-refractivity contribution >= 4 is 11.6 Å². The number of hydrogen-bond acceptors (Lipinski definition) is 4. The Morgan fingerprint density at radius 2 is 2.05 bits per heavy atom. The maximum absolute atomic E-state index is 10.9. The molecule has 0 saturated carbocycles. The van der Waals surface area contributed by atoms with Gasteiger partial charge in [-0.25, -0.2) is 0 Å². The first kappa shape index (κ1) is 14.3. The van der Waals surface area contributed by atoms with Crippen LogP contribution in [0.1, 0.15) is 24.4 Å². The quantitative estimate of drug-likeness (QED) is 0.753. The van der Waals surface area contributed by atoms with E-state index < -0.39 is 6.10 Å². The van der Waals surface area contributed by atoms with E-state index in [1.165, 1.54) is 6.92 Å². The molecule has 1 atom stereocenters. The standard InChI is InChI=1S/C15H18N2O3/c1-11(18)17-13-6-4-12(5-7-13)15(19)10-16-9-14-3-2-8-20-14/h2-8,15-16,19H,9-10H2,1H3,(H,17,18). The van der Waals surface area contributed by atoms with Crippen LogP contribution in [0.15, 0.2) is 47.1 Å². The van der Waals surface area contributed by atoms with Gasteiger partial charge in [-0.2, -0.15) is 0 Å². The Labute approximate surface area is 117 Å². The molecule has 5 heteroatoms. The molecule has 20 heavy (non-hydrogen) atoms. The van der Waals surface area contributed by atoms with Gasteiger partial charge >= 0.3 is 0 Å². The number of furan rings is 1. The number of nitrogens with one attached hydrogen (secondary N) is 2. The lowest BCUT2D eigenvalue weighted by Gasteiger charge is -2.12. The van der Waals surface area contributed by atoms with Crippen LogP contribution in [0.3, 0.4) is 0 Å². The summed E-state index contributed by atoms with van der Waals surface area (Å²) in [6.45, 7) is 2.47. The predicted molar refractivity (Wildman–Crippen MR) is 76.1 cm³/mol. The molecule has 0 radical (unpaired) electrons. The van der Waals surface area contributed by atoms with Crippen molar-refractivity contribution in [1.29, 1.82) is 0 Å². The lowest BCUT2D eigenvalue weighted by Crippen LogP contribution is -2.20. The van der Waals surface area contributed by atoms with Gasteiger partial charge in [-0.1, -0.05) is 12.1 Å². The van der Waals surface area contributed by atoms with E-state index in [0.717, 1.165) is 17.0 Å². The van der Waals surface area contributed by atoms with Crippen LogP contribution in [0.25, 0.3) is 0 Å². The van der Waals surface area contributed by atoms with Gasteiger partial charge < -0.3 is 20.2 Å². The smallest absolute Gasteiger partial charge is 0.221 e. The number of hydrogen-bond donors (Lipinski definition) is 3. The Hall–Kier alpha value is -2.11. The summed E-state index contributed by atoms with van der Waals surface area (Å²) in [5, 5.41) is 15.8. The van der Waals surface area contributed by atoms with Gasteiger partial charge in [0.2, 0.25) is 5.91 Å².